The highest BCUT2D eigenvalue weighted by Crippen LogP contribution is 2.13. The SMILES string of the molecule is O=C(O)c1ccc(S(=O)(=O)NCCCCCCO)o1. The number of carboxylic acid groups (broad SMARTS) is 1. The number of aromatic carboxylic acids is 1. The molecule has 8 heteroatoms. The van der Waals surface area contributed by atoms with Crippen LogP contribution in [0.3, 0.4) is 0 Å². The van der Waals surface area contributed by atoms with Crippen molar-refractivity contribution in [3.8, 4) is 0 Å². The van der Waals surface area contributed by atoms with Crippen molar-refractivity contribution in [1.82, 2.24) is 4.72 Å². The zero-order chi connectivity index (χ0) is 14.3. The van der Waals surface area contributed by atoms with E-state index in [2.05, 4.69) is 4.72 Å². The van der Waals surface area contributed by atoms with E-state index in [0.717, 1.165) is 25.0 Å². The molecule has 0 atom stereocenters. The number of aliphatic hydroxyl groups is 1. The van der Waals surface area contributed by atoms with Crippen molar-refractivity contribution in [2.45, 2.75) is 30.8 Å². The van der Waals surface area contributed by atoms with Gasteiger partial charge >= 0.3 is 5.97 Å². The van der Waals surface area contributed by atoms with Crippen LogP contribution in [0.5, 0.6) is 0 Å². The second-order valence-electron chi connectivity index (χ2n) is 3.96. The number of hydrogen-bond acceptors (Lipinski definition) is 5. The normalized spacial score (nSPS) is 11.6. The standard InChI is InChI=1S/C11H17NO6S/c13-8-4-2-1-3-7-12-19(16,17)10-6-5-9(18-10)11(14)15/h5-6,12-13H,1-4,7-8H2,(H,14,15). The van der Waals surface area contributed by atoms with Crippen LogP contribution in [0.4, 0.5) is 0 Å². The summed E-state index contributed by atoms with van der Waals surface area (Å²) in [4.78, 5) is 10.6. The van der Waals surface area contributed by atoms with Gasteiger partial charge in [0.15, 0.2) is 0 Å². The monoisotopic (exact) mass is 291 g/mol. The minimum Gasteiger partial charge on any atom is -0.475 e. The van der Waals surface area contributed by atoms with Crippen molar-refractivity contribution < 1.29 is 27.8 Å². The predicted octanol–water partition coefficient (Wildman–Crippen LogP) is 0.809. The molecular weight excluding hydrogens is 274 g/mol. The zero-order valence-corrected chi connectivity index (χ0v) is 11.1. The zero-order valence-electron chi connectivity index (χ0n) is 10.3. The van der Waals surface area contributed by atoms with E-state index in [1.54, 1.807) is 0 Å². The molecule has 3 N–H and O–H groups in total. The number of carbonyl (C=O) groups is 1. The van der Waals surface area contributed by atoms with Crippen LogP contribution in [-0.4, -0.2) is 37.8 Å². The van der Waals surface area contributed by atoms with Crippen molar-refractivity contribution in [2.24, 2.45) is 0 Å². The molecule has 19 heavy (non-hydrogen) atoms. The van der Waals surface area contributed by atoms with Gasteiger partial charge in [0.05, 0.1) is 0 Å². The molecule has 1 heterocycles. The maximum atomic E-state index is 11.7. The van der Waals surface area contributed by atoms with Crippen LogP contribution >= 0.6 is 0 Å². The Morgan fingerprint density at radius 3 is 2.47 bits per heavy atom. The topological polar surface area (TPSA) is 117 Å². The van der Waals surface area contributed by atoms with Crippen LogP contribution in [-0.2, 0) is 10.0 Å². The molecular formula is C11H17NO6S. The van der Waals surface area contributed by atoms with Gasteiger partial charge in [-0.05, 0) is 25.0 Å². The van der Waals surface area contributed by atoms with Crippen LogP contribution in [0.15, 0.2) is 21.6 Å². The van der Waals surface area contributed by atoms with Gasteiger partial charge in [-0.25, -0.2) is 17.9 Å². The lowest BCUT2D eigenvalue weighted by Crippen LogP contribution is -2.24. The molecule has 0 saturated heterocycles. The predicted molar refractivity (Wildman–Crippen MR) is 66.4 cm³/mol. The van der Waals surface area contributed by atoms with Crippen molar-refractivity contribution in [3.05, 3.63) is 17.9 Å². The highest BCUT2D eigenvalue weighted by atomic mass is 32.2. The summed E-state index contributed by atoms with van der Waals surface area (Å²) in [7, 11) is -3.80. The number of unbranched alkanes of at least 4 members (excludes halogenated alkanes) is 3. The fourth-order valence-electron chi connectivity index (χ4n) is 1.45. The summed E-state index contributed by atoms with van der Waals surface area (Å²) in [6.45, 7) is 0.382. The van der Waals surface area contributed by atoms with E-state index in [1.165, 1.54) is 0 Å². The third-order valence-corrected chi connectivity index (χ3v) is 3.77. The molecule has 7 nitrogen and oxygen atoms in total. The van der Waals surface area contributed by atoms with Crippen molar-refractivity contribution in [1.29, 1.82) is 0 Å². The van der Waals surface area contributed by atoms with E-state index in [0.29, 0.717) is 12.8 Å². The molecule has 0 radical (unpaired) electrons. The van der Waals surface area contributed by atoms with Crippen molar-refractivity contribution in [2.75, 3.05) is 13.2 Å². The van der Waals surface area contributed by atoms with Gasteiger partial charge in [0.25, 0.3) is 10.0 Å². The number of hydrogen-bond donors (Lipinski definition) is 3. The molecule has 1 aromatic heterocycles. The van der Waals surface area contributed by atoms with E-state index in [4.69, 9.17) is 14.6 Å². The third-order valence-electron chi connectivity index (χ3n) is 2.43. The summed E-state index contributed by atoms with van der Waals surface area (Å²) in [5.41, 5.74) is 0. The second kappa shape index (κ2) is 7.27. The van der Waals surface area contributed by atoms with E-state index < -0.39 is 26.8 Å². The van der Waals surface area contributed by atoms with Crippen LogP contribution < -0.4 is 4.72 Å². The number of carboxylic acids is 1. The fourth-order valence-corrected chi connectivity index (χ4v) is 2.45. The Morgan fingerprint density at radius 2 is 1.89 bits per heavy atom. The highest BCUT2D eigenvalue weighted by Gasteiger charge is 2.20. The highest BCUT2D eigenvalue weighted by molar-refractivity contribution is 7.89. The van der Waals surface area contributed by atoms with Gasteiger partial charge in [-0.3, -0.25) is 0 Å². The van der Waals surface area contributed by atoms with E-state index in [9.17, 15) is 13.2 Å². The minimum atomic E-state index is -3.80. The van der Waals surface area contributed by atoms with Crippen LogP contribution in [0.2, 0.25) is 0 Å². The average Bonchev–Trinajstić information content (AvgIpc) is 2.84. The quantitative estimate of drug-likeness (QED) is 0.580. The molecule has 0 unspecified atom stereocenters. The summed E-state index contributed by atoms with van der Waals surface area (Å²) in [5.74, 6) is -1.73. The molecule has 0 fully saturated rings. The van der Waals surface area contributed by atoms with Gasteiger partial charge < -0.3 is 14.6 Å². The summed E-state index contributed by atoms with van der Waals surface area (Å²) < 4.78 is 30.5. The molecule has 108 valence electrons. The lowest BCUT2D eigenvalue weighted by atomic mass is 10.2. The Bertz CT molecular complexity index is 507. The van der Waals surface area contributed by atoms with Gasteiger partial charge in [0.2, 0.25) is 10.9 Å². The molecule has 0 aliphatic carbocycles. The number of furan rings is 1. The lowest BCUT2D eigenvalue weighted by molar-refractivity contribution is 0.0656. The third kappa shape index (κ3) is 5.01. The maximum absolute atomic E-state index is 11.7. The molecule has 0 aliphatic heterocycles. The summed E-state index contributed by atoms with van der Waals surface area (Å²) in [6.07, 6.45) is 2.99. The first kappa shape index (κ1) is 15.7. The first-order valence-electron chi connectivity index (χ1n) is 5.91. The van der Waals surface area contributed by atoms with Gasteiger partial charge in [-0.1, -0.05) is 12.8 Å². The Labute approximate surface area is 111 Å². The number of aliphatic hydroxyl groups excluding tert-OH is 1. The molecule has 0 spiro atoms. The lowest BCUT2D eigenvalue weighted by Gasteiger charge is -2.03. The number of rotatable bonds is 9. The van der Waals surface area contributed by atoms with Crippen LogP contribution in [0.1, 0.15) is 36.2 Å². The summed E-state index contributed by atoms with van der Waals surface area (Å²) in [5, 5.41) is 16.8. The summed E-state index contributed by atoms with van der Waals surface area (Å²) in [6, 6.07) is 2.20. The van der Waals surface area contributed by atoms with Crippen LogP contribution in [0.25, 0.3) is 0 Å². The molecule has 1 rings (SSSR count). The number of sulfonamides is 1. The average molecular weight is 291 g/mol. The van der Waals surface area contributed by atoms with Gasteiger partial charge in [0.1, 0.15) is 0 Å². The molecule has 0 aliphatic rings. The Kier molecular flexibility index (Phi) is 6.00. The van der Waals surface area contributed by atoms with Crippen molar-refractivity contribution >= 4 is 16.0 Å². The maximum Gasteiger partial charge on any atom is 0.371 e. The Balaban J connectivity index is 2.44. The minimum absolute atomic E-state index is 0.135. The molecule has 0 bridgehead atoms. The first-order valence-corrected chi connectivity index (χ1v) is 7.39. The van der Waals surface area contributed by atoms with Crippen LogP contribution in [0, 0.1) is 0 Å². The number of nitrogens with one attached hydrogen (secondary N) is 1. The molecule has 0 saturated carbocycles. The molecule has 0 amide bonds. The second-order valence-corrected chi connectivity index (χ2v) is 5.66. The van der Waals surface area contributed by atoms with E-state index in [1.807, 2.05) is 0 Å². The van der Waals surface area contributed by atoms with Gasteiger partial charge in [-0.15, -0.1) is 0 Å². The van der Waals surface area contributed by atoms with E-state index in [-0.39, 0.29) is 13.2 Å². The van der Waals surface area contributed by atoms with Crippen molar-refractivity contribution in [3.63, 3.8) is 0 Å². The van der Waals surface area contributed by atoms with Gasteiger partial charge in [-0.2, -0.15) is 0 Å². The smallest absolute Gasteiger partial charge is 0.371 e. The fraction of sp³-hybridized carbons (Fsp3) is 0.545. The Hall–Kier alpha value is -1.38. The largest absolute Gasteiger partial charge is 0.475 e. The van der Waals surface area contributed by atoms with Gasteiger partial charge in [0, 0.05) is 13.2 Å². The summed E-state index contributed by atoms with van der Waals surface area (Å²) >= 11 is 0. The molecule has 0 aromatic carbocycles. The molecule has 1 aromatic rings. The Morgan fingerprint density at radius 1 is 1.21 bits per heavy atom. The first-order chi connectivity index (χ1) is 8.97. The van der Waals surface area contributed by atoms with E-state index >= 15 is 0 Å².